The number of hydrogen-bond acceptors (Lipinski definition) is 3. The van der Waals surface area contributed by atoms with Crippen LogP contribution in [0.25, 0.3) is 10.9 Å². The second kappa shape index (κ2) is 6.67. The van der Waals surface area contributed by atoms with E-state index in [0.29, 0.717) is 26.9 Å². The third-order valence-corrected chi connectivity index (χ3v) is 4.18. The van der Waals surface area contributed by atoms with Crippen LogP contribution in [0.15, 0.2) is 48.7 Å². The average molecular weight is 362 g/mol. The topological polar surface area (TPSA) is 48.3 Å². The summed E-state index contributed by atoms with van der Waals surface area (Å²) in [4.78, 5) is 23.9. The lowest BCUT2D eigenvalue weighted by Gasteiger charge is -2.15. The Labute approximate surface area is 148 Å². The van der Waals surface area contributed by atoms with Crippen molar-refractivity contribution >= 4 is 46.3 Å². The minimum Gasteiger partial charge on any atom is -0.479 e. The summed E-state index contributed by atoms with van der Waals surface area (Å²) < 4.78 is 7.08. The van der Waals surface area contributed by atoms with Crippen LogP contribution in [0, 0.1) is 0 Å². The van der Waals surface area contributed by atoms with Crippen molar-refractivity contribution in [3.8, 4) is 5.75 Å². The number of aldehydes is 1. The number of carbonyl (C=O) groups is 2. The first-order valence-corrected chi connectivity index (χ1v) is 7.98. The molecule has 0 spiro atoms. The largest absolute Gasteiger partial charge is 0.479 e. The fourth-order valence-corrected chi connectivity index (χ4v) is 2.94. The van der Waals surface area contributed by atoms with Crippen molar-refractivity contribution in [2.75, 3.05) is 0 Å². The lowest BCUT2D eigenvalue weighted by molar-refractivity contribution is 0.0734. The van der Waals surface area contributed by atoms with E-state index in [0.717, 1.165) is 11.7 Å². The minimum atomic E-state index is -0.793. The van der Waals surface area contributed by atoms with Crippen LogP contribution in [-0.4, -0.2) is 22.9 Å². The van der Waals surface area contributed by atoms with E-state index in [2.05, 4.69) is 0 Å². The summed E-state index contributed by atoms with van der Waals surface area (Å²) in [6.45, 7) is 1.63. The third-order valence-electron chi connectivity index (χ3n) is 3.65. The van der Waals surface area contributed by atoms with Gasteiger partial charge in [-0.15, -0.1) is 0 Å². The summed E-state index contributed by atoms with van der Waals surface area (Å²) in [6.07, 6.45) is 1.45. The van der Waals surface area contributed by atoms with Gasteiger partial charge in [0.15, 0.2) is 12.4 Å². The van der Waals surface area contributed by atoms with Gasteiger partial charge in [-0.05, 0) is 31.2 Å². The Balaban J connectivity index is 1.92. The predicted octanol–water partition coefficient (Wildman–Crippen LogP) is 4.87. The van der Waals surface area contributed by atoms with Crippen LogP contribution in [0.4, 0.5) is 0 Å². The second-order valence-electron chi connectivity index (χ2n) is 5.26. The highest BCUT2D eigenvalue weighted by Gasteiger charge is 2.21. The number of ether oxygens (including phenoxy) is 1. The van der Waals surface area contributed by atoms with Gasteiger partial charge in [0.05, 0.1) is 10.5 Å². The highest BCUT2D eigenvalue weighted by molar-refractivity contribution is 6.35. The molecule has 0 unspecified atom stereocenters. The zero-order valence-electron chi connectivity index (χ0n) is 12.7. The van der Waals surface area contributed by atoms with Crippen molar-refractivity contribution in [1.82, 2.24) is 4.57 Å². The summed E-state index contributed by atoms with van der Waals surface area (Å²) in [5, 5.41) is 1.53. The molecular weight excluding hydrogens is 349 g/mol. The Morgan fingerprint density at radius 1 is 1.21 bits per heavy atom. The number of benzene rings is 2. The summed E-state index contributed by atoms with van der Waals surface area (Å²) in [7, 11) is 0. The number of rotatable bonds is 4. The van der Waals surface area contributed by atoms with Crippen molar-refractivity contribution in [3.05, 3.63) is 64.3 Å². The molecule has 6 heteroatoms. The molecule has 2 aromatic carbocycles. The standard InChI is InChI=1S/C18H13Cl2NO3/c1-11(24-17-7-6-13(19)8-15(17)20)18(23)21-9-12(10-22)14-4-2-3-5-16(14)21/h2-11H,1H3/t11-/m0/s1. The van der Waals surface area contributed by atoms with E-state index < -0.39 is 6.10 Å². The molecule has 0 saturated heterocycles. The highest BCUT2D eigenvalue weighted by Crippen LogP contribution is 2.29. The molecule has 0 N–H and O–H groups in total. The van der Waals surface area contributed by atoms with E-state index in [9.17, 15) is 9.59 Å². The number of fused-ring (bicyclic) bond motifs is 1. The molecule has 0 radical (unpaired) electrons. The minimum absolute atomic E-state index is 0.301. The number of hydrogen-bond donors (Lipinski definition) is 0. The van der Waals surface area contributed by atoms with Crippen LogP contribution in [0.3, 0.4) is 0 Å². The van der Waals surface area contributed by atoms with E-state index in [4.69, 9.17) is 27.9 Å². The Bertz CT molecular complexity index is 933. The molecule has 0 aliphatic carbocycles. The smallest absolute Gasteiger partial charge is 0.271 e. The zero-order valence-corrected chi connectivity index (χ0v) is 14.2. The molecular formula is C18H13Cl2NO3. The maximum absolute atomic E-state index is 12.7. The van der Waals surface area contributed by atoms with Crippen LogP contribution >= 0.6 is 23.2 Å². The number of para-hydroxylation sites is 1. The van der Waals surface area contributed by atoms with E-state index in [1.165, 1.54) is 10.8 Å². The predicted molar refractivity (Wildman–Crippen MR) is 94.5 cm³/mol. The molecule has 3 rings (SSSR count). The van der Waals surface area contributed by atoms with Crippen molar-refractivity contribution in [1.29, 1.82) is 0 Å². The van der Waals surface area contributed by atoms with Gasteiger partial charge in [-0.1, -0.05) is 41.4 Å². The van der Waals surface area contributed by atoms with Crippen LogP contribution in [0.2, 0.25) is 10.0 Å². The molecule has 4 nitrogen and oxygen atoms in total. The van der Waals surface area contributed by atoms with E-state index in [-0.39, 0.29) is 5.91 Å². The van der Waals surface area contributed by atoms with Gasteiger partial charge in [0.1, 0.15) is 5.75 Å². The molecule has 24 heavy (non-hydrogen) atoms. The molecule has 0 fully saturated rings. The molecule has 0 saturated carbocycles. The van der Waals surface area contributed by atoms with Gasteiger partial charge in [-0.2, -0.15) is 0 Å². The fraction of sp³-hybridized carbons (Fsp3) is 0.111. The Morgan fingerprint density at radius 3 is 2.67 bits per heavy atom. The summed E-state index contributed by atoms with van der Waals surface area (Å²) >= 11 is 11.9. The van der Waals surface area contributed by atoms with Gasteiger partial charge >= 0.3 is 0 Å². The van der Waals surface area contributed by atoms with Gasteiger partial charge in [0.25, 0.3) is 5.91 Å². The maximum atomic E-state index is 12.7. The summed E-state index contributed by atoms with van der Waals surface area (Å²) in [5.74, 6) is 0.0688. The fourth-order valence-electron chi connectivity index (χ4n) is 2.49. The number of aromatic nitrogens is 1. The third kappa shape index (κ3) is 3.03. The molecule has 1 atom stereocenters. The molecule has 122 valence electrons. The first-order valence-electron chi connectivity index (χ1n) is 7.22. The van der Waals surface area contributed by atoms with E-state index in [1.807, 2.05) is 12.1 Å². The first-order chi connectivity index (χ1) is 11.5. The first kappa shape index (κ1) is 16.6. The van der Waals surface area contributed by atoms with Crippen molar-refractivity contribution in [3.63, 3.8) is 0 Å². The summed E-state index contributed by atoms with van der Waals surface area (Å²) in [5.41, 5.74) is 1.11. The SMILES string of the molecule is C[C@H](Oc1ccc(Cl)cc1Cl)C(=O)n1cc(C=O)c2ccccc21. The molecule has 0 aliphatic rings. The van der Waals surface area contributed by atoms with Gasteiger partial charge < -0.3 is 4.74 Å². The Hall–Kier alpha value is -2.30. The van der Waals surface area contributed by atoms with Crippen molar-refractivity contribution in [2.45, 2.75) is 13.0 Å². The van der Waals surface area contributed by atoms with E-state index >= 15 is 0 Å². The molecule has 0 bridgehead atoms. The monoisotopic (exact) mass is 361 g/mol. The van der Waals surface area contributed by atoms with Crippen LogP contribution in [0.5, 0.6) is 5.75 Å². The van der Waals surface area contributed by atoms with Crippen molar-refractivity contribution in [2.24, 2.45) is 0 Å². The van der Waals surface area contributed by atoms with Gasteiger partial charge in [0.2, 0.25) is 0 Å². The lowest BCUT2D eigenvalue weighted by atomic mass is 10.2. The van der Waals surface area contributed by atoms with Crippen LogP contribution in [-0.2, 0) is 0 Å². The maximum Gasteiger partial charge on any atom is 0.271 e. The number of halogens is 2. The molecule has 1 aromatic heterocycles. The molecule has 0 amide bonds. The quantitative estimate of drug-likeness (QED) is 0.623. The van der Waals surface area contributed by atoms with Gasteiger partial charge in [-0.3, -0.25) is 14.2 Å². The zero-order chi connectivity index (χ0) is 17.3. The van der Waals surface area contributed by atoms with Gasteiger partial charge in [-0.25, -0.2) is 0 Å². The highest BCUT2D eigenvalue weighted by atomic mass is 35.5. The van der Waals surface area contributed by atoms with E-state index in [1.54, 1.807) is 37.3 Å². The molecule has 3 aromatic rings. The summed E-state index contributed by atoms with van der Waals surface area (Å²) in [6, 6.07) is 12.0. The second-order valence-corrected chi connectivity index (χ2v) is 6.11. The van der Waals surface area contributed by atoms with Crippen molar-refractivity contribution < 1.29 is 14.3 Å². The number of nitrogens with zero attached hydrogens (tertiary/aromatic N) is 1. The normalized spacial score (nSPS) is 12.1. The van der Waals surface area contributed by atoms with Crippen LogP contribution in [0.1, 0.15) is 22.1 Å². The molecule has 0 aliphatic heterocycles. The molecule has 1 heterocycles. The number of carbonyl (C=O) groups excluding carboxylic acids is 2. The Morgan fingerprint density at radius 2 is 1.96 bits per heavy atom. The van der Waals surface area contributed by atoms with Gasteiger partial charge in [0, 0.05) is 22.2 Å². The average Bonchev–Trinajstić information content (AvgIpc) is 2.95. The lowest BCUT2D eigenvalue weighted by Crippen LogP contribution is -2.28. The van der Waals surface area contributed by atoms with Crippen LogP contribution < -0.4 is 4.74 Å². The Kier molecular flexibility index (Phi) is 4.60.